The van der Waals surface area contributed by atoms with E-state index < -0.39 is 11.6 Å². The Kier molecular flexibility index (Phi) is 3.38. The topological polar surface area (TPSA) is 30.7 Å². The molecular weight excluding hydrogens is 248 g/mol. The van der Waals surface area contributed by atoms with Crippen LogP contribution >= 0.6 is 11.6 Å². The highest BCUT2D eigenvalue weighted by molar-refractivity contribution is 6.28. The van der Waals surface area contributed by atoms with Crippen LogP contribution in [0.1, 0.15) is 18.3 Å². The SMILES string of the molecule is CCc1nnc(Cl)n1Cc1ccc(F)cc1F. The number of halogens is 3. The second-order valence-corrected chi connectivity index (χ2v) is 3.90. The monoisotopic (exact) mass is 257 g/mol. The third-order valence-electron chi connectivity index (χ3n) is 2.44. The Morgan fingerprint density at radius 3 is 2.71 bits per heavy atom. The lowest BCUT2D eigenvalue weighted by Gasteiger charge is -2.07. The summed E-state index contributed by atoms with van der Waals surface area (Å²) < 4.78 is 27.8. The molecule has 0 saturated heterocycles. The van der Waals surface area contributed by atoms with Gasteiger partial charge in [-0.05, 0) is 17.7 Å². The van der Waals surface area contributed by atoms with Crippen LogP contribution in [0.2, 0.25) is 5.28 Å². The van der Waals surface area contributed by atoms with E-state index in [1.54, 1.807) is 4.57 Å². The zero-order valence-electron chi connectivity index (χ0n) is 9.12. The lowest BCUT2D eigenvalue weighted by Crippen LogP contribution is -2.06. The van der Waals surface area contributed by atoms with E-state index in [0.717, 1.165) is 6.07 Å². The number of nitrogens with zero attached hydrogens (tertiary/aromatic N) is 3. The second kappa shape index (κ2) is 4.79. The van der Waals surface area contributed by atoms with Gasteiger partial charge in [0.2, 0.25) is 5.28 Å². The Morgan fingerprint density at radius 1 is 1.29 bits per heavy atom. The highest BCUT2D eigenvalue weighted by Gasteiger charge is 2.11. The first-order valence-electron chi connectivity index (χ1n) is 5.13. The molecule has 0 bridgehead atoms. The average Bonchev–Trinajstić information content (AvgIpc) is 2.64. The molecule has 0 aliphatic carbocycles. The Hall–Kier alpha value is -1.49. The van der Waals surface area contributed by atoms with E-state index in [4.69, 9.17) is 11.6 Å². The van der Waals surface area contributed by atoms with Crippen molar-refractivity contribution in [2.75, 3.05) is 0 Å². The predicted octanol–water partition coefficient (Wildman–Crippen LogP) is 2.82. The number of rotatable bonds is 3. The largest absolute Gasteiger partial charge is 0.297 e. The van der Waals surface area contributed by atoms with Gasteiger partial charge in [0.15, 0.2) is 0 Å². The van der Waals surface area contributed by atoms with Crippen molar-refractivity contribution >= 4 is 11.6 Å². The van der Waals surface area contributed by atoms with Crippen molar-refractivity contribution in [1.82, 2.24) is 14.8 Å². The average molecular weight is 258 g/mol. The van der Waals surface area contributed by atoms with Crippen molar-refractivity contribution < 1.29 is 8.78 Å². The molecule has 17 heavy (non-hydrogen) atoms. The van der Waals surface area contributed by atoms with E-state index in [1.165, 1.54) is 12.1 Å². The first kappa shape index (κ1) is 12.0. The van der Waals surface area contributed by atoms with Crippen molar-refractivity contribution in [2.24, 2.45) is 0 Å². The molecule has 0 unspecified atom stereocenters. The highest BCUT2D eigenvalue weighted by Crippen LogP contribution is 2.15. The van der Waals surface area contributed by atoms with Crippen molar-refractivity contribution in [3.63, 3.8) is 0 Å². The number of hydrogen-bond acceptors (Lipinski definition) is 2. The molecule has 0 aliphatic heterocycles. The molecule has 0 saturated carbocycles. The van der Waals surface area contributed by atoms with E-state index in [1.807, 2.05) is 6.92 Å². The van der Waals surface area contributed by atoms with Crippen molar-refractivity contribution in [2.45, 2.75) is 19.9 Å². The maximum atomic E-state index is 13.5. The van der Waals surface area contributed by atoms with Crippen LogP contribution in [0, 0.1) is 11.6 Å². The summed E-state index contributed by atoms with van der Waals surface area (Å²) in [5.41, 5.74) is 0.350. The summed E-state index contributed by atoms with van der Waals surface area (Å²) in [5.74, 6) is -0.535. The Labute approximate surface area is 102 Å². The van der Waals surface area contributed by atoms with Gasteiger partial charge in [-0.25, -0.2) is 8.78 Å². The van der Waals surface area contributed by atoms with Crippen LogP contribution in [0.3, 0.4) is 0 Å². The Bertz CT molecular complexity index is 540. The molecule has 0 radical (unpaired) electrons. The lowest BCUT2D eigenvalue weighted by atomic mass is 10.2. The molecule has 2 rings (SSSR count). The molecule has 0 amide bonds. The molecule has 3 nitrogen and oxygen atoms in total. The van der Waals surface area contributed by atoms with Gasteiger partial charge in [-0.15, -0.1) is 10.2 Å². The smallest absolute Gasteiger partial charge is 0.225 e. The van der Waals surface area contributed by atoms with Crippen molar-refractivity contribution in [1.29, 1.82) is 0 Å². The molecule has 2 aromatic rings. The van der Waals surface area contributed by atoms with E-state index in [0.29, 0.717) is 17.8 Å². The minimum absolute atomic E-state index is 0.196. The van der Waals surface area contributed by atoms with Crippen LogP contribution in [-0.4, -0.2) is 14.8 Å². The molecule has 90 valence electrons. The number of aromatic nitrogens is 3. The second-order valence-electron chi connectivity index (χ2n) is 3.56. The molecule has 0 aliphatic rings. The Balaban J connectivity index is 2.34. The quantitative estimate of drug-likeness (QED) is 0.847. The van der Waals surface area contributed by atoms with Gasteiger partial charge in [-0.2, -0.15) is 0 Å². The minimum Gasteiger partial charge on any atom is -0.297 e. The van der Waals surface area contributed by atoms with Gasteiger partial charge in [0.1, 0.15) is 17.5 Å². The van der Waals surface area contributed by atoms with Crippen LogP contribution in [0.5, 0.6) is 0 Å². The molecule has 6 heteroatoms. The zero-order valence-corrected chi connectivity index (χ0v) is 9.88. The standard InChI is InChI=1S/C11H10ClF2N3/c1-2-10-15-16-11(12)17(10)6-7-3-4-8(13)5-9(7)14/h3-5H,2,6H2,1H3. The molecule has 1 heterocycles. The minimum atomic E-state index is -0.600. The Morgan fingerprint density at radius 2 is 2.06 bits per heavy atom. The van der Waals surface area contributed by atoms with Gasteiger partial charge in [-0.3, -0.25) is 4.57 Å². The van der Waals surface area contributed by atoms with Crippen LogP contribution in [0.25, 0.3) is 0 Å². The van der Waals surface area contributed by atoms with E-state index in [-0.39, 0.29) is 11.8 Å². The first-order chi connectivity index (χ1) is 8.11. The fourth-order valence-corrected chi connectivity index (χ4v) is 1.75. The molecule has 0 atom stereocenters. The van der Waals surface area contributed by atoms with Crippen molar-refractivity contribution in [3.8, 4) is 0 Å². The maximum absolute atomic E-state index is 13.5. The fourth-order valence-electron chi connectivity index (χ4n) is 1.55. The van der Waals surface area contributed by atoms with Crippen molar-refractivity contribution in [3.05, 3.63) is 46.5 Å². The summed E-state index contributed by atoms with van der Waals surface area (Å²) in [4.78, 5) is 0. The predicted molar refractivity (Wildman–Crippen MR) is 59.9 cm³/mol. The molecular formula is C11H10ClF2N3. The fraction of sp³-hybridized carbons (Fsp3) is 0.273. The van der Waals surface area contributed by atoms with Crippen LogP contribution in [0.4, 0.5) is 8.78 Å². The van der Waals surface area contributed by atoms with Crippen LogP contribution in [-0.2, 0) is 13.0 Å². The van der Waals surface area contributed by atoms with E-state index >= 15 is 0 Å². The van der Waals surface area contributed by atoms with Gasteiger partial charge in [-0.1, -0.05) is 13.0 Å². The third kappa shape index (κ3) is 2.44. The molecule has 0 spiro atoms. The molecule has 1 aromatic carbocycles. The van der Waals surface area contributed by atoms with Gasteiger partial charge in [0.05, 0.1) is 6.54 Å². The van der Waals surface area contributed by atoms with E-state index in [2.05, 4.69) is 10.2 Å². The number of aryl methyl sites for hydroxylation is 1. The van der Waals surface area contributed by atoms with Gasteiger partial charge in [0, 0.05) is 18.1 Å². The molecule has 0 fully saturated rings. The first-order valence-corrected chi connectivity index (χ1v) is 5.51. The third-order valence-corrected chi connectivity index (χ3v) is 2.72. The number of hydrogen-bond donors (Lipinski definition) is 0. The zero-order chi connectivity index (χ0) is 12.4. The maximum Gasteiger partial charge on any atom is 0.225 e. The van der Waals surface area contributed by atoms with Gasteiger partial charge >= 0.3 is 0 Å². The van der Waals surface area contributed by atoms with Gasteiger partial charge in [0.25, 0.3) is 0 Å². The highest BCUT2D eigenvalue weighted by atomic mass is 35.5. The molecule has 0 N–H and O–H groups in total. The molecule has 1 aromatic heterocycles. The van der Waals surface area contributed by atoms with E-state index in [9.17, 15) is 8.78 Å². The van der Waals surface area contributed by atoms with Crippen LogP contribution in [0.15, 0.2) is 18.2 Å². The van der Waals surface area contributed by atoms with Crippen LogP contribution < -0.4 is 0 Å². The number of benzene rings is 1. The summed E-state index contributed by atoms with van der Waals surface area (Å²) in [6.07, 6.45) is 0.641. The summed E-state index contributed by atoms with van der Waals surface area (Å²) in [7, 11) is 0. The summed E-state index contributed by atoms with van der Waals surface area (Å²) >= 11 is 5.85. The normalized spacial score (nSPS) is 10.8. The summed E-state index contributed by atoms with van der Waals surface area (Å²) in [6.45, 7) is 2.10. The summed E-state index contributed by atoms with van der Waals surface area (Å²) in [5, 5.41) is 7.77. The summed E-state index contributed by atoms with van der Waals surface area (Å²) in [6, 6.07) is 3.45. The lowest BCUT2D eigenvalue weighted by molar-refractivity contribution is 0.564. The van der Waals surface area contributed by atoms with Gasteiger partial charge < -0.3 is 0 Å².